The number of methoxy groups -OCH3 is 1. The highest BCUT2D eigenvalue weighted by molar-refractivity contribution is 6.39. The molecule has 1 heterocycles. The number of carbonyl (C=O) groups is 2. The number of benzene rings is 3. The molecule has 0 saturated carbocycles. The van der Waals surface area contributed by atoms with Crippen molar-refractivity contribution >= 4 is 23.7 Å². The van der Waals surface area contributed by atoms with Crippen LogP contribution in [0, 0.1) is 6.92 Å². The first-order chi connectivity index (χ1) is 16.5. The van der Waals surface area contributed by atoms with Gasteiger partial charge in [0.2, 0.25) is 0 Å². The van der Waals surface area contributed by atoms with E-state index in [-0.39, 0.29) is 0 Å². The largest absolute Gasteiger partial charge is 0.497 e. The van der Waals surface area contributed by atoms with E-state index >= 15 is 0 Å². The third kappa shape index (κ3) is 5.36. The molecule has 0 saturated heterocycles. The van der Waals surface area contributed by atoms with Crippen LogP contribution in [0.5, 0.6) is 5.75 Å². The zero-order valence-electron chi connectivity index (χ0n) is 18.7. The number of anilines is 1. The van der Waals surface area contributed by atoms with Crippen molar-refractivity contribution in [3.63, 3.8) is 0 Å². The number of hydrazone groups is 1. The van der Waals surface area contributed by atoms with Crippen LogP contribution in [-0.2, 0) is 9.59 Å². The van der Waals surface area contributed by atoms with Crippen molar-refractivity contribution in [2.45, 2.75) is 6.92 Å². The Kier molecular flexibility index (Phi) is 6.78. The Labute approximate surface area is 196 Å². The number of hydrogen-bond donors (Lipinski definition) is 2. The predicted octanol–water partition coefficient (Wildman–Crippen LogP) is 3.95. The zero-order chi connectivity index (χ0) is 23.9. The van der Waals surface area contributed by atoms with Crippen LogP contribution in [0.25, 0.3) is 16.9 Å². The summed E-state index contributed by atoms with van der Waals surface area (Å²) in [7, 11) is 1.61. The van der Waals surface area contributed by atoms with E-state index in [1.165, 1.54) is 6.21 Å². The van der Waals surface area contributed by atoms with Crippen molar-refractivity contribution in [3.05, 3.63) is 96.2 Å². The molecule has 0 spiro atoms. The standard InChI is InChI=1S/C26H23N5O3/c1-18-7-6-8-21(15-18)28-25(32)26(33)29-27-16-20-17-31(22-9-4-3-5-10-22)30-24(20)19-11-13-23(34-2)14-12-19/h3-17H,1-2H3,(H,28,32)(H,29,33)/b27-16+. The number of para-hydroxylation sites is 1. The average Bonchev–Trinajstić information content (AvgIpc) is 3.28. The first kappa shape index (κ1) is 22.5. The van der Waals surface area contributed by atoms with Gasteiger partial charge in [-0.25, -0.2) is 10.1 Å². The van der Waals surface area contributed by atoms with E-state index in [4.69, 9.17) is 9.84 Å². The summed E-state index contributed by atoms with van der Waals surface area (Å²) in [5.41, 5.74) is 6.82. The van der Waals surface area contributed by atoms with Gasteiger partial charge in [-0.1, -0.05) is 30.3 Å². The molecule has 0 aliphatic carbocycles. The van der Waals surface area contributed by atoms with Crippen molar-refractivity contribution in [3.8, 4) is 22.7 Å². The number of aryl methyl sites for hydroxylation is 1. The summed E-state index contributed by atoms with van der Waals surface area (Å²) in [6, 6.07) is 24.3. The van der Waals surface area contributed by atoms with Gasteiger partial charge in [0.1, 0.15) is 11.4 Å². The fourth-order valence-corrected chi connectivity index (χ4v) is 3.29. The average molecular weight is 454 g/mol. The van der Waals surface area contributed by atoms with E-state index in [0.717, 1.165) is 22.6 Å². The van der Waals surface area contributed by atoms with Crippen LogP contribution >= 0.6 is 0 Å². The Balaban J connectivity index is 1.54. The van der Waals surface area contributed by atoms with Crippen LogP contribution in [0.1, 0.15) is 11.1 Å². The number of carbonyl (C=O) groups excluding carboxylic acids is 2. The van der Waals surface area contributed by atoms with Gasteiger partial charge in [0.25, 0.3) is 0 Å². The molecule has 2 N–H and O–H groups in total. The fraction of sp³-hybridized carbons (Fsp3) is 0.0769. The van der Waals surface area contributed by atoms with Crippen LogP contribution in [0.15, 0.2) is 90.2 Å². The van der Waals surface area contributed by atoms with Gasteiger partial charge in [-0.2, -0.15) is 10.2 Å². The van der Waals surface area contributed by atoms with Crippen LogP contribution in [0.2, 0.25) is 0 Å². The zero-order valence-corrected chi connectivity index (χ0v) is 18.7. The van der Waals surface area contributed by atoms with Crippen LogP contribution in [0.3, 0.4) is 0 Å². The van der Waals surface area contributed by atoms with Gasteiger partial charge in [0.05, 0.1) is 19.0 Å². The Morgan fingerprint density at radius 2 is 1.74 bits per heavy atom. The van der Waals surface area contributed by atoms with E-state index < -0.39 is 11.8 Å². The smallest absolute Gasteiger partial charge is 0.329 e. The SMILES string of the molecule is COc1ccc(-c2nn(-c3ccccc3)cc2/C=N/NC(=O)C(=O)Nc2cccc(C)c2)cc1. The van der Waals surface area contributed by atoms with E-state index in [1.54, 1.807) is 36.2 Å². The Bertz CT molecular complexity index is 1330. The molecule has 34 heavy (non-hydrogen) atoms. The normalized spacial score (nSPS) is 10.8. The maximum atomic E-state index is 12.2. The van der Waals surface area contributed by atoms with Gasteiger partial charge < -0.3 is 10.1 Å². The number of nitrogens with zero attached hydrogens (tertiary/aromatic N) is 3. The molecule has 1 aromatic heterocycles. The summed E-state index contributed by atoms with van der Waals surface area (Å²) in [4.78, 5) is 24.4. The molecule has 0 bridgehead atoms. The lowest BCUT2D eigenvalue weighted by Gasteiger charge is -2.04. The van der Waals surface area contributed by atoms with Gasteiger partial charge >= 0.3 is 11.8 Å². The minimum atomic E-state index is -0.876. The second kappa shape index (κ2) is 10.3. The highest BCUT2D eigenvalue weighted by Gasteiger charge is 2.14. The third-order valence-corrected chi connectivity index (χ3v) is 4.98. The predicted molar refractivity (Wildman–Crippen MR) is 131 cm³/mol. The number of ether oxygens (including phenoxy) is 1. The summed E-state index contributed by atoms with van der Waals surface area (Å²) >= 11 is 0. The highest BCUT2D eigenvalue weighted by atomic mass is 16.5. The molecule has 4 aromatic rings. The third-order valence-electron chi connectivity index (χ3n) is 4.98. The quantitative estimate of drug-likeness (QED) is 0.262. The van der Waals surface area contributed by atoms with Gasteiger partial charge in [0, 0.05) is 23.0 Å². The molecule has 8 nitrogen and oxygen atoms in total. The highest BCUT2D eigenvalue weighted by Crippen LogP contribution is 2.25. The molecule has 0 unspecified atom stereocenters. The van der Waals surface area contributed by atoms with E-state index in [2.05, 4.69) is 15.8 Å². The molecular formula is C26H23N5O3. The minimum Gasteiger partial charge on any atom is -0.497 e. The molecule has 0 aliphatic rings. The van der Waals surface area contributed by atoms with Gasteiger partial charge in [-0.15, -0.1) is 0 Å². The van der Waals surface area contributed by atoms with Gasteiger partial charge in [-0.3, -0.25) is 9.59 Å². The molecule has 170 valence electrons. The monoisotopic (exact) mass is 453 g/mol. The van der Waals surface area contributed by atoms with Crippen LogP contribution in [0.4, 0.5) is 5.69 Å². The maximum absolute atomic E-state index is 12.2. The molecular weight excluding hydrogens is 430 g/mol. The number of aromatic nitrogens is 2. The number of rotatable bonds is 6. The van der Waals surface area contributed by atoms with Crippen molar-refractivity contribution in [2.24, 2.45) is 5.10 Å². The molecule has 0 aliphatic heterocycles. The van der Waals surface area contributed by atoms with Crippen LogP contribution in [-0.4, -0.2) is 34.9 Å². The summed E-state index contributed by atoms with van der Waals surface area (Å²) in [5.74, 6) is -0.953. The maximum Gasteiger partial charge on any atom is 0.329 e. The Morgan fingerprint density at radius 3 is 2.44 bits per heavy atom. The van der Waals surface area contributed by atoms with Crippen LogP contribution < -0.4 is 15.5 Å². The van der Waals surface area contributed by atoms with Crippen molar-refractivity contribution in [1.29, 1.82) is 0 Å². The minimum absolute atomic E-state index is 0.537. The van der Waals surface area contributed by atoms with Gasteiger partial charge in [0.15, 0.2) is 0 Å². The van der Waals surface area contributed by atoms with Crippen molar-refractivity contribution in [2.75, 3.05) is 12.4 Å². The molecule has 2 amide bonds. The lowest BCUT2D eigenvalue weighted by molar-refractivity contribution is -0.136. The summed E-state index contributed by atoms with van der Waals surface area (Å²) in [5, 5.41) is 11.2. The number of nitrogens with one attached hydrogen (secondary N) is 2. The molecule has 0 radical (unpaired) electrons. The first-order valence-electron chi connectivity index (χ1n) is 10.5. The van der Waals surface area contributed by atoms with E-state index in [0.29, 0.717) is 16.9 Å². The Morgan fingerprint density at radius 1 is 0.971 bits per heavy atom. The van der Waals surface area contributed by atoms with Crippen molar-refractivity contribution in [1.82, 2.24) is 15.2 Å². The van der Waals surface area contributed by atoms with Crippen molar-refractivity contribution < 1.29 is 14.3 Å². The summed E-state index contributed by atoms with van der Waals surface area (Å²) in [6.07, 6.45) is 3.27. The van der Waals surface area contributed by atoms with E-state index in [9.17, 15) is 9.59 Å². The molecule has 3 aromatic carbocycles. The molecule has 8 heteroatoms. The van der Waals surface area contributed by atoms with E-state index in [1.807, 2.05) is 67.6 Å². The lowest BCUT2D eigenvalue weighted by atomic mass is 10.1. The topological polar surface area (TPSA) is 97.6 Å². The molecule has 4 rings (SSSR count). The van der Waals surface area contributed by atoms with Gasteiger partial charge in [-0.05, 0) is 61.0 Å². The molecule has 0 fully saturated rings. The first-order valence-corrected chi connectivity index (χ1v) is 10.5. The number of amides is 2. The second-order valence-electron chi connectivity index (χ2n) is 7.46. The second-order valence-corrected chi connectivity index (χ2v) is 7.46. The lowest BCUT2D eigenvalue weighted by Crippen LogP contribution is -2.32. The fourth-order valence-electron chi connectivity index (χ4n) is 3.29. The summed E-state index contributed by atoms with van der Waals surface area (Å²) < 4.78 is 6.96. The number of hydrogen-bond acceptors (Lipinski definition) is 5. The summed E-state index contributed by atoms with van der Waals surface area (Å²) in [6.45, 7) is 1.90. The molecule has 0 atom stereocenters. The Hall–Kier alpha value is -4.72.